The fourth-order valence-electron chi connectivity index (χ4n) is 3.33. The topological polar surface area (TPSA) is 41.5 Å². The van der Waals surface area contributed by atoms with E-state index in [9.17, 15) is 4.39 Å². The number of halogens is 1. The van der Waals surface area contributed by atoms with Crippen molar-refractivity contribution in [2.45, 2.75) is 6.42 Å². The van der Waals surface area contributed by atoms with Gasteiger partial charge in [0, 0.05) is 49.8 Å². The van der Waals surface area contributed by atoms with Crippen LogP contribution in [-0.4, -0.2) is 54.1 Å². The van der Waals surface area contributed by atoms with Gasteiger partial charge in [0.1, 0.15) is 11.6 Å². The van der Waals surface area contributed by atoms with Crippen LogP contribution in [0.15, 0.2) is 48.5 Å². The highest BCUT2D eigenvalue weighted by molar-refractivity contribution is 7.09. The van der Waals surface area contributed by atoms with Crippen molar-refractivity contribution in [1.29, 1.82) is 0 Å². The molecule has 3 aromatic rings. The number of hydrogen-bond donors (Lipinski definition) is 0. The first-order valence-corrected chi connectivity index (χ1v) is 10.2. The first kappa shape index (κ1) is 18.8. The predicted molar refractivity (Wildman–Crippen MR) is 111 cm³/mol. The molecular formula is C21H23FN4OS. The molecule has 0 saturated carbocycles. The van der Waals surface area contributed by atoms with Crippen LogP contribution in [0, 0.1) is 5.82 Å². The van der Waals surface area contributed by atoms with Crippen molar-refractivity contribution < 1.29 is 9.13 Å². The van der Waals surface area contributed by atoms with E-state index < -0.39 is 0 Å². The summed E-state index contributed by atoms with van der Waals surface area (Å²) >= 11 is 1.38. The summed E-state index contributed by atoms with van der Waals surface area (Å²) in [7, 11) is 1.69. The molecule has 0 N–H and O–H groups in total. The Kier molecular flexibility index (Phi) is 5.83. The molecule has 0 aliphatic carbocycles. The number of piperazine rings is 1. The average molecular weight is 399 g/mol. The Morgan fingerprint density at radius 2 is 1.86 bits per heavy atom. The molecule has 0 amide bonds. The fraction of sp³-hybridized carbons (Fsp3) is 0.333. The second kappa shape index (κ2) is 8.67. The van der Waals surface area contributed by atoms with Crippen molar-refractivity contribution in [2.24, 2.45) is 0 Å². The van der Waals surface area contributed by atoms with Gasteiger partial charge >= 0.3 is 0 Å². The largest absolute Gasteiger partial charge is 0.497 e. The van der Waals surface area contributed by atoms with Crippen LogP contribution in [-0.2, 0) is 6.42 Å². The van der Waals surface area contributed by atoms with Crippen LogP contribution in [0.5, 0.6) is 5.75 Å². The third-order valence-electron chi connectivity index (χ3n) is 5.02. The van der Waals surface area contributed by atoms with Crippen molar-refractivity contribution in [2.75, 3.05) is 44.7 Å². The highest BCUT2D eigenvalue weighted by Gasteiger charge is 2.20. The van der Waals surface area contributed by atoms with E-state index in [4.69, 9.17) is 4.74 Å². The molecule has 2 heterocycles. The number of nitrogens with zero attached hydrogens (tertiary/aromatic N) is 4. The summed E-state index contributed by atoms with van der Waals surface area (Å²) in [6.07, 6.45) is 1.03. The van der Waals surface area contributed by atoms with Gasteiger partial charge < -0.3 is 9.64 Å². The lowest BCUT2D eigenvalue weighted by Gasteiger charge is -2.34. The number of ether oxygens (including phenoxy) is 1. The third kappa shape index (κ3) is 4.48. The highest BCUT2D eigenvalue weighted by Crippen LogP contribution is 2.25. The number of hydrogen-bond acceptors (Lipinski definition) is 6. The molecule has 2 aromatic carbocycles. The normalized spacial score (nSPS) is 15.0. The van der Waals surface area contributed by atoms with Crippen LogP contribution in [0.3, 0.4) is 0 Å². The van der Waals surface area contributed by atoms with Gasteiger partial charge in [0.25, 0.3) is 0 Å². The molecule has 1 aromatic heterocycles. The summed E-state index contributed by atoms with van der Waals surface area (Å²) in [4.78, 5) is 9.37. The Hall–Kier alpha value is -2.51. The van der Waals surface area contributed by atoms with E-state index in [0.717, 1.165) is 55.6 Å². The smallest absolute Gasteiger partial charge is 0.205 e. The molecule has 0 bridgehead atoms. The third-order valence-corrected chi connectivity index (χ3v) is 5.79. The lowest BCUT2D eigenvalue weighted by molar-refractivity contribution is 0.261. The number of methoxy groups -OCH3 is 1. The van der Waals surface area contributed by atoms with Crippen molar-refractivity contribution >= 4 is 16.7 Å². The zero-order valence-corrected chi connectivity index (χ0v) is 16.7. The van der Waals surface area contributed by atoms with E-state index in [0.29, 0.717) is 5.82 Å². The molecular weight excluding hydrogens is 375 g/mol. The van der Waals surface area contributed by atoms with Gasteiger partial charge in [0.15, 0.2) is 5.82 Å². The Balaban J connectivity index is 1.29. The van der Waals surface area contributed by atoms with Crippen LogP contribution in [0.25, 0.3) is 11.4 Å². The Morgan fingerprint density at radius 3 is 2.57 bits per heavy atom. The number of rotatable bonds is 6. The molecule has 7 heteroatoms. The zero-order chi connectivity index (χ0) is 19.3. The Bertz CT molecular complexity index is 907. The monoisotopic (exact) mass is 398 g/mol. The minimum Gasteiger partial charge on any atom is -0.497 e. The van der Waals surface area contributed by atoms with Crippen LogP contribution >= 0.6 is 11.5 Å². The standard InChI is InChI=1S/C21H23FN4OS/c1-27-19-7-5-16(6-8-19)9-10-25-11-13-26(14-12-25)21-23-20(24-28-21)17-3-2-4-18(22)15-17/h2-8,15H,9-14H2,1H3. The van der Waals surface area contributed by atoms with Gasteiger partial charge in [-0.25, -0.2) is 4.39 Å². The van der Waals surface area contributed by atoms with Gasteiger partial charge in [-0.15, -0.1) is 0 Å². The van der Waals surface area contributed by atoms with Gasteiger partial charge in [-0.3, -0.25) is 4.90 Å². The van der Waals surface area contributed by atoms with Gasteiger partial charge in [-0.2, -0.15) is 9.36 Å². The summed E-state index contributed by atoms with van der Waals surface area (Å²) < 4.78 is 23.0. The quantitative estimate of drug-likeness (QED) is 0.633. The lowest BCUT2D eigenvalue weighted by Crippen LogP contribution is -2.47. The minimum absolute atomic E-state index is 0.265. The maximum Gasteiger partial charge on any atom is 0.205 e. The van der Waals surface area contributed by atoms with E-state index in [2.05, 4.69) is 31.3 Å². The molecule has 0 unspecified atom stereocenters. The van der Waals surface area contributed by atoms with Crippen molar-refractivity contribution in [3.63, 3.8) is 0 Å². The average Bonchev–Trinajstić information content (AvgIpc) is 3.23. The lowest BCUT2D eigenvalue weighted by atomic mass is 10.1. The van der Waals surface area contributed by atoms with E-state index in [-0.39, 0.29) is 5.82 Å². The molecule has 1 aliphatic rings. The van der Waals surface area contributed by atoms with Crippen molar-refractivity contribution in [3.8, 4) is 17.1 Å². The van der Waals surface area contributed by atoms with Crippen LogP contribution < -0.4 is 9.64 Å². The maximum atomic E-state index is 13.4. The fourth-order valence-corrected chi connectivity index (χ4v) is 4.07. The maximum absolute atomic E-state index is 13.4. The van der Waals surface area contributed by atoms with Gasteiger partial charge in [0.2, 0.25) is 5.13 Å². The first-order valence-electron chi connectivity index (χ1n) is 9.41. The van der Waals surface area contributed by atoms with Gasteiger partial charge in [0.05, 0.1) is 7.11 Å². The van der Waals surface area contributed by atoms with Gasteiger partial charge in [-0.1, -0.05) is 24.3 Å². The molecule has 28 heavy (non-hydrogen) atoms. The zero-order valence-electron chi connectivity index (χ0n) is 15.8. The minimum atomic E-state index is -0.265. The SMILES string of the molecule is COc1ccc(CCN2CCN(c3nc(-c4cccc(F)c4)ns3)CC2)cc1. The number of aromatic nitrogens is 2. The number of anilines is 1. The molecule has 146 valence electrons. The summed E-state index contributed by atoms with van der Waals surface area (Å²) in [5, 5.41) is 0.911. The van der Waals surface area contributed by atoms with Crippen LogP contribution in [0.2, 0.25) is 0 Å². The predicted octanol–water partition coefficient (Wildman–Crippen LogP) is 3.72. The summed E-state index contributed by atoms with van der Waals surface area (Å²) in [5.41, 5.74) is 2.05. The molecule has 4 rings (SSSR count). The van der Waals surface area contributed by atoms with Crippen LogP contribution in [0.1, 0.15) is 5.56 Å². The summed E-state index contributed by atoms with van der Waals surface area (Å²) in [6, 6.07) is 14.7. The summed E-state index contributed by atoms with van der Waals surface area (Å²) in [6.45, 7) is 4.92. The van der Waals surface area contributed by atoms with E-state index in [1.54, 1.807) is 13.2 Å². The first-order chi connectivity index (χ1) is 13.7. The van der Waals surface area contributed by atoms with E-state index >= 15 is 0 Å². The Labute approximate surface area is 168 Å². The second-order valence-corrected chi connectivity index (χ2v) is 7.57. The molecule has 5 nitrogen and oxygen atoms in total. The molecule has 0 spiro atoms. The van der Waals surface area contributed by atoms with Crippen LogP contribution in [0.4, 0.5) is 9.52 Å². The second-order valence-electron chi connectivity index (χ2n) is 6.84. The van der Waals surface area contributed by atoms with E-state index in [1.807, 2.05) is 18.2 Å². The Morgan fingerprint density at radius 1 is 1.07 bits per heavy atom. The van der Waals surface area contributed by atoms with Crippen molar-refractivity contribution in [1.82, 2.24) is 14.3 Å². The molecule has 1 fully saturated rings. The van der Waals surface area contributed by atoms with Crippen molar-refractivity contribution in [3.05, 3.63) is 59.9 Å². The summed E-state index contributed by atoms with van der Waals surface area (Å²) in [5.74, 6) is 1.23. The van der Waals surface area contributed by atoms with Gasteiger partial charge in [-0.05, 0) is 36.2 Å². The molecule has 0 atom stereocenters. The number of benzene rings is 2. The molecule has 1 aliphatic heterocycles. The highest BCUT2D eigenvalue weighted by atomic mass is 32.1. The van der Waals surface area contributed by atoms with E-state index in [1.165, 1.54) is 29.2 Å². The molecule has 1 saturated heterocycles. The molecule has 0 radical (unpaired) electrons.